The fraction of sp³-hybridized carbons (Fsp3) is 0.697. The lowest BCUT2D eigenvalue weighted by molar-refractivity contribution is -0.870. The monoisotopic (exact) mass is 1080 g/mol. The predicted octanol–water partition coefficient (Wildman–Crippen LogP) is 18.7. The zero-order chi connectivity index (χ0) is 55.6. The number of unbranched alkanes of at least 4 members (excludes halogenated alkanes) is 23. The molecular formula is C66H114NO8P. The molecule has 0 heterocycles. The van der Waals surface area contributed by atoms with E-state index in [0.29, 0.717) is 23.9 Å². The Hall–Kier alpha value is -3.33. The maximum Gasteiger partial charge on any atom is 0.306 e. The predicted molar refractivity (Wildman–Crippen MR) is 323 cm³/mol. The zero-order valence-electron chi connectivity index (χ0n) is 49.4. The van der Waals surface area contributed by atoms with Crippen LogP contribution < -0.4 is 4.89 Å². The average Bonchev–Trinajstić information content (AvgIpc) is 3.38. The Bertz CT molecular complexity index is 1650. The van der Waals surface area contributed by atoms with E-state index in [9.17, 15) is 19.0 Å². The minimum Gasteiger partial charge on any atom is -0.756 e. The second-order valence-corrected chi connectivity index (χ2v) is 22.7. The van der Waals surface area contributed by atoms with Crippen LogP contribution in [0.15, 0.2) is 109 Å². The highest BCUT2D eigenvalue weighted by Gasteiger charge is 2.21. The zero-order valence-corrected chi connectivity index (χ0v) is 50.3. The molecule has 0 spiro atoms. The number of allylic oxidation sites excluding steroid dienone is 18. The molecule has 0 amide bonds. The molecule has 0 aliphatic rings. The van der Waals surface area contributed by atoms with Crippen molar-refractivity contribution in [2.75, 3.05) is 47.5 Å². The Morgan fingerprint density at radius 2 is 0.763 bits per heavy atom. The van der Waals surface area contributed by atoms with Gasteiger partial charge in [0, 0.05) is 12.8 Å². The van der Waals surface area contributed by atoms with Gasteiger partial charge in [-0.2, -0.15) is 0 Å². The maximum atomic E-state index is 12.8. The highest BCUT2D eigenvalue weighted by Crippen LogP contribution is 2.38. The summed E-state index contributed by atoms with van der Waals surface area (Å²) in [6.45, 7) is 4.05. The summed E-state index contributed by atoms with van der Waals surface area (Å²) in [6.07, 6.45) is 78.7. The molecule has 10 heteroatoms. The maximum absolute atomic E-state index is 12.8. The summed E-state index contributed by atoms with van der Waals surface area (Å²) in [5, 5.41) is 0. The van der Waals surface area contributed by atoms with Gasteiger partial charge in [0.2, 0.25) is 0 Å². The summed E-state index contributed by atoms with van der Waals surface area (Å²) in [5.41, 5.74) is 0. The minimum atomic E-state index is -4.66. The van der Waals surface area contributed by atoms with E-state index in [2.05, 4.69) is 117 Å². The van der Waals surface area contributed by atoms with Crippen molar-refractivity contribution in [3.63, 3.8) is 0 Å². The highest BCUT2D eigenvalue weighted by atomic mass is 31.2. The second kappa shape index (κ2) is 56.4. The van der Waals surface area contributed by atoms with Gasteiger partial charge in [0.1, 0.15) is 19.8 Å². The smallest absolute Gasteiger partial charge is 0.306 e. The first-order chi connectivity index (χ1) is 37.0. The number of carbonyl (C=O) groups excluding carboxylic acids is 2. The van der Waals surface area contributed by atoms with Crippen molar-refractivity contribution >= 4 is 19.8 Å². The van der Waals surface area contributed by atoms with Gasteiger partial charge in [0.15, 0.2) is 6.10 Å². The highest BCUT2D eigenvalue weighted by molar-refractivity contribution is 7.45. The van der Waals surface area contributed by atoms with Crippen LogP contribution >= 0.6 is 7.82 Å². The lowest BCUT2D eigenvalue weighted by atomic mass is 10.0. The van der Waals surface area contributed by atoms with Crippen LogP contribution in [0, 0.1) is 0 Å². The largest absolute Gasteiger partial charge is 0.756 e. The molecule has 76 heavy (non-hydrogen) atoms. The number of likely N-dealkylation sites (N-methyl/N-ethyl adjacent to an activating group) is 1. The van der Waals surface area contributed by atoms with Gasteiger partial charge >= 0.3 is 11.9 Å². The third kappa shape index (κ3) is 59.9. The quantitative estimate of drug-likeness (QED) is 0.0195. The van der Waals surface area contributed by atoms with E-state index in [0.717, 1.165) is 70.6 Å². The molecule has 0 aliphatic heterocycles. The number of quaternary nitrogens is 1. The third-order valence-electron chi connectivity index (χ3n) is 12.8. The Balaban J connectivity index is 4.20. The first-order valence-electron chi connectivity index (χ1n) is 30.6. The van der Waals surface area contributed by atoms with Crippen molar-refractivity contribution in [3.05, 3.63) is 109 Å². The molecule has 2 atom stereocenters. The van der Waals surface area contributed by atoms with Crippen LogP contribution in [0.25, 0.3) is 0 Å². The lowest BCUT2D eigenvalue weighted by Gasteiger charge is -2.28. The molecule has 2 unspecified atom stereocenters. The number of phosphoric acid groups is 1. The van der Waals surface area contributed by atoms with Gasteiger partial charge in [-0.1, -0.05) is 245 Å². The number of esters is 2. The summed E-state index contributed by atoms with van der Waals surface area (Å²) in [4.78, 5) is 37.9. The molecule has 0 rings (SSSR count). The molecule has 0 saturated carbocycles. The van der Waals surface area contributed by atoms with Crippen LogP contribution in [0.1, 0.15) is 245 Å². The van der Waals surface area contributed by atoms with Gasteiger partial charge in [0.25, 0.3) is 7.82 Å². The minimum absolute atomic E-state index is 0.0467. The van der Waals surface area contributed by atoms with Gasteiger partial charge in [-0.15, -0.1) is 0 Å². The van der Waals surface area contributed by atoms with Gasteiger partial charge in [-0.3, -0.25) is 14.2 Å². The van der Waals surface area contributed by atoms with E-state index in [-0.39, 0.29) is 26.1 Å². The van der Waals surface area contributed by atoms with Crippen molar-refractivity contribution in [2.45, 2.75) is 251 Å². The van der Waals surface area contributed by atoms with Crippen molar-refractivity contribution < 1.29 is 42.1 Å². The Labute approximate surface area is 467 Å². The molecule has 0 aromatic rings. The number of hydrogen-bond acceptors (Lipinski definition) is 8. The van der Waals surface area contributed by atoms with Crippen molar-refractivity contribution in [3.8, 4) is 0 Å². The summed E-state index contributed by atoms with van der Waals surface area (Å²) >= 11 is 0. The number of carbonyl (C=O) groups is 2. The molecule has 0 radical (unpaired) electrons. The van der Waals surface area contributed by atoms with E-state index in [4.69, 9.17) is 18.5 Å². The van der Waals surface area contributed by atoms with E-state index in [1.54, 1.807) is 0 Å². The Morgan fingerprint density at radius 3 is 1.16 bits per heavy atom. The second-order valence-electron chi connectivity index (χ2n) is 21.3. The van der Waals surface area contributed by atoms with Gasteiger partial charge in [-0.25, -0.2) is 0 Å². The molecule has 9 nitrogen and oxygen atoms in total. The Kier molecular flexibility index (Phi) is 53.9. The summed E-state index contributed by atoms with van der Waals surface area (Å²) in [5.74, 6) is -0.904. The van der Waals surface area contributed by atoms with Gasteiger partial charge < -0.3 is 27.9 Å². The molecule has 0 aliphatic carbocycles. The molecule has 0 fully saturated rings. The van der Waals surface area contributed by atoms with Crippen molar-refractivity contribution in [1.82, 2.24) is 0 Å². The van der Waals surface area contributed by atoms with Crippen LogP contribution in [0.3, 0.4) is 0 Å². The molecule has 0 N–H and O–H groups in total. The lowest BCUT2D eigenvalue weighted by Crippen LogP contribution is -2.37. The number of hydrogen-bond donors (Lipinski definition) is 0. The standard InChI is InChI=1S/C66H114NO8P/c1-6-8-10-12-14-16-18-20-22-24-26-28-30-31-32-33-34-35-37-38-40-42-44-46-48-50-52-54-56-58-65(68)72-62-64(63-74-76(70,71)73-61-60-67(3,4)5)75-66(69)59-57-55-53-51-49-47-45-43-41-39-36-29-27-25-23-21-19-17-15-13-11-9-7-2/h9,11,15,17-18,20-21,23-24,26-27,29,39,41,45,47,51,53,64H,6-8,10,12-14,16,19,22,25,28,30-38,40,42-44,46,48-50,52,54-63H2,1-5H3/b11-9-,17-15-,20-18-,23-21-,26-24-,29-27-,41-39-,47-45-,53-51-. The third-order valence-corrected chi connectivity index (χ3v) is 13.7. The van der Waals surface area contributed by atoms with Crippen molar-refractivity contribution in [2.24, 2.45) is 0 Å². The van der Waals surface area contributed by atoms with Crippen LogP contribution in [-0.2, 0) is 32.7 Å². The van der Waals surface area contributed by atoms with Gasteiger partial charge in [0.05, 0.1) is 27.7 Å². The van der Waals surface area contributed by atoms with Crippen molar-refractivity contribution in [1.29, 1.82) is 0 Å². The van der Waals surface area contributed by atoms with Crippen LogP contribution in [-0.4, -0.2) is 70.0 Å². The van der Waals surface area contributed by atoms with Gasteiger partial charge in [-0.05, 0) is 96.3 Å². The number of nitrogens with zero attached hydrogens (tertiary/aromatic N) is 1. The molecule has 0 aromatic carbocycles. The molecule has 0 bridgehead atoms. The topological polar surface area (TPSA) is 111 Å². The first-order valence-corrected chi connectivity index (χ1v) is 32.1. The molecular weight excluding hydrogens is 966 g/mol. The van der Waals surface area contributed by atoms with Crippen LogP contribution in [0.4, 0.5) is 0 Å². The van der Waals surface area contributed by atoms with Crippen LogP contribution in [0.5, 0.6) is 0 Å². The van der Waals surface area contributed by atoms with E-state index in [1.165, 1.54) is 135 Å². The number of rotatable bonds is 55. The normalized spacial score (nSPS) is 14.0. The molecule has 0 saturated heterocycles. The number of phosphoric ester groups is 1. The fourth-order valence-corrected chi connectivity index (χ4v) is 8.82. The first kappa shape index (κ1) is 72.7. The van der Waals surface area contributed by atoms with Crippen LogP contribution in [0.2, 0.25) is 0 Å². The average molecular weight is 1080 g/mol. The SMILES string of the molecule is CC/C=C\C/C=C\C/C=C\C/C=C\C/C=C\C/C=C\C/C=C\CCCC(=O)OC(COC(=O)CCCCCCCCCCCCCCCCCCC/C=C\C/C=C\CCCCCCC)COP(=O)([O-])OCC[N+](C)(C)C. The summed E-state index contributed by atoms with van der Waals surface area (Å²) in [6, 6.07) is 0. The van der Waals surface area contributed by atoms with E-state index < -0.39 is 32.5 Å². The summed E-state index contributed by atoms with van der Waals surface area (Å²) < 4.78 is 34.1. The van der Waals surface area contributed by atoms with E-state index in [1.807, 2.05) is 27.2 Å². The fourth-order valence-electron chi connectivity index (χ4n) is 8.09. The number of ether oxygens (including phenoxy) is 2. The van der Waals surface area contributed by atoms with E-state index >= 15 is 0 Å². The molecule has 436 valence electrons. The molecule has 0 aromatic heterocycles. The summed E-state index contributed by atoms with van der Waals surface area (Å²) in [7, 11) is 1.12. The Morgan fingerprint density at radius 1 is 0.421 bits per heavy atom.